The number of sulfone groups is 1. The number of nitrogens with zero attached hydrogens (tertiary/aromatic N) is 1. The van der Waals surface area contributed by atoms with Crippen molar-refractivity contribution in [3.8, 4) is 0 Å². The molecule has 0 amide bonds. The fourth-order valence-corrected chi connectivity index (χ4v) is 3.00. The summed E-state index contributed by atoms with van der Waals surface area (Å²) in [5, 5.41) is 3.23. The van der Waals surface area contributed by atoms with E-state index in [9.17, 15) is 8.42 Å². The number of aromatic nitrogens is 1. The van der Waals surface area contributed by atoms with Gasteiger partial charge in [-0.3, -0.25) is 4.98 Å². The number of hydrogen-bond donors (Lipinski definition) is 1. The third-order valence-corrected chi connectivity index (χ3v) is 5.04. The summed E-state index contributed by atoms with van der Waals surface area (Å²) >= 11 is 3.37. The average molecular weight is 355 g/mol. The highest BCUT2D eigenvalue weighted by molar-refractivity contribution is 9.10. The SMILES string of the molecule is CCS(=O)(=O)c1ccc(NCc2cncc(Br)c2)cc1. The fourth-order valence-electron chi connectivity index (χ4n) is 1.70. The minimum absolute atomic E-state index is 0.115. The molecular weight excluding hydrogens is 340 g/mol. The van der Waals surface area contributed by atoms with Gasteiger partial charge in [-0.15, -0.1) is 0 Å². The summed E-state index contributed by atoms with van der Waals surface area (Å²) < 4.78 is 24.3. The van der Waals surface area contributed by atoms with E-state index in [0.29, 0.717) is 11.4 Å². The maximum atomic E-state index is 11.7. The van der Waals surface area contributed by atoms with Gasteiger partial charge in [-0.25, -0.2) is 8.42 Å². The van der Waals surface area contributed by atoms with Crippen molar-refractivity contribution >= 4 is 31.5 Å². The van der Waals surface area contributed by atoms with Crippen LogP contribution in [0.25, 0.3) is 0 Å². The van der Waals surface area contributed by atoms with Gasteiger partial charge in [-0.05, 0) is 51.8 Å². The number of anilines is 1. The van der Waals surface area contributed by atoms with Crippen molar-refractivity contribution in [2.24, 2.45) is 0 Å². The summed E-state index contributed by atoms with van der Waals surface area (Å²) in [6, 6.07) is 8.78. The van der Waals surface area contributed by atoms with Crippen LogP contribution in [0.2, 0.25) is 0 Å². The smallest absolute Gasteiger partial charge is 0.178 e. The lowest BCUT2D eigenvalue weighted by Gasteiger charge is -2.08. The molecule has 0 aliphatic carbocycles. The van der Waals surface area contributed by atoms with Gasteiger partial charge in [0.2, 0.25) is 0 Å². The molecule has 1 heterocycles. The van der Waals surface area contributed by atoms with Gasteiger partial charge in [-0.2, -0.15) is 0 Å². The van der Waals surface area contributed by atoms with Crippen LogP contribution in [-0.2, 0) is 16.4 Å². The zero-order valence-electron chi connectivity index (χ0n) is 11.0. The molecule has 6 heteroatoms. The van der Waals surface area contributed by atoms with Gasteiger partial charge in [0, 0.05) is 29.1 Å². The molecule has 0 saturated carbocycles. The number of halogens is 1. The van der Waals surface area contributed by atoms with Crippen molar-refractivity contribution in [3.63, 3.8) is 0 Å². The topological polar surface area (TPSA) is 59.1 Å². The van der Waals surface area contributed by atoms with Gasteiger partial charge in [0.05, 0.1) is 10.6 Å². The van der Waals surface area contributed by atoms with E-state index in [-0.39, 0.29) is 5.75 Å². The molecule has 0 aliphatic heterocycles. The second-order valence-electron chi connectivity index (χ2n) is 4.29. The van der Waals surface area contributed by atoms with Crippen LogP contribution < -0.4 is 5.32 Å². The van der Waals surface area contributed by atoms with E-state index in [4.69, 9.17) is 0 Å². The van der Waals surface area contributed by atoms with Crippen LogP contribution in [0.1, 0.15) is 12.5 Å². The molecule has 0 unspecified atom stereocenters. The van der Waals surface area contributed by atoms with Gasteiger partial charge < -0.3 is 5.32 Å². The minimum atomic E-state index is -3.13. The van der Waals surface area contributed by atoms with E-state index in [1.165, 1.54) is 0 Å². The molecule has 20 heavy (non-hydrogen) atoms. The number of rotatable bonds is 5. The van der Waals surface area contributed by atoms with Crippen LogP contribution in [0.15, 0.2) is 52.1 Å². The lowest BCUT2D eigenvalue weighted by molar-refractivity contribution is 0.597. The van der Waals surface area contributed by atoms with E-state index in [1.807, 2.05) is 6.07 Å². The van der Waals surface area contributed by atoms with Crippen LogP contribution >= 0.6 is 15.9 Å². The summed E-state index contributed by atoms with van der Waals surface area (Å²) in [6.07, 6.45) is 3.52. The molecule has 0 aliphatic rings. The quantitative estimate of drug-likeness (QED) is 0.895. The molecule has 1 N–H and O–H groups in total. The lowest BCUT2D eigenvalue weighted by Crippen LogP contribution is -2.04. The lowest BCUT2D eigenvalue weighted by atomic mass is 10.2. The highest BCUT2D eigenvalue weighted by atomic mass is 79.9. The van der Waals surface area contributed by atoms with Crippen molar-refractivity contribution < 1.29 is 8.42 Å². The first-order valence-corrected chi connectivity index (χ1v) is 8.62. The molecule has 0 radical (unpaired) electrons. The van der Waals surface area contributed by atoms with E-state index in [2.05, 4.69) is 26.2 Å². The number of hydrogen-bond acceptors (Lipinski definition) is 4. The van der Waals surface area contributed by atoms with Gasteiger partial charge in [0.15, 0.2) is 9.84 Å². The second kappa shape index (κ2) is 6.37. The third kappa shape index (κ3) is 3.80. The molecule has 2 rings (SSSR count). The van der Waals surface area contributed by atoms with Gasteiger partial charge in [0.25, 0.3) is 0 Å². The van der Waals surface area contributed by atoms with E-state index in [1.54, 1.807) is 43.6 Å². The molecule has 0 fully saturated rings. The molecule has 4 nitrogen and oxygen atoms in total. The molecule has 0 atom stereocenters. The van der Waals surface area contributed by atoms with Crippen molar-refractivity contribution in [3.05, 3.63) is 52.8 Å². The molecule has 0 saturated heterocycles. The van der Waals surface area contributed by atoms with E-state index < -0.39 is 9.84 Å². The van der Waals surface area contributed by atoms with Crippen molar-refractivity contribution in [1.82, 2.24) is 4.98 Å². The summed E-state index contributed by atoms with van der Waals surface area (Å²) in [4.78, 5) is 4.44. The Bertz CT molecular complexity index is 685. The maximum absolute atomic E-state index is 11.7. The fraction of sp³-hybridized carbons (Fsp3) is 0.214. The van der Waals surface area contributed by atoms with Crippen LogP contribution in [-0.4, -0.2) is 19.2 Å². The summed E-state index contributed by atoms with van der Waals surface area (Å²) in [5.41, 5.74) is 1.92. The Morgan fingerprint density at radius 2 is 1.90 bits per heavy atom. The van der Waals surface area contributed by atoms with Crippen molar-refractivity contribution in [2.75, 3.05) is 11.1 Å². The Balaban J connectivity index is 2.05. The first-order chi connectivity index (χ1) is 9.51. The third-order valence-electron chi connectivity index (χ3n) is 2.85. The Morgan fingerprint density at radius 1 is 1.20 bits per heavy atom. The highest BCUT2D eigenvalue weighted by Crippen LogP contribution is 2.16. The van der Waals surface area contributed by atoms with Crippen LogP contribution in [0.3, 0.4) is 0 Å². The number of benzene rings is 1. The average Bonchev–Trinajstić information content (AvgIpc) is 2.46. The standard InChI is InChI=1S/C14H15BrN2O2S/c1-2-20(18,19)14-5-3-13(4-6-14)17-9-11-7-12(15)10-16-8-11/h3-8,10,17H,2,9H2,1H3. The Labute approximate surface area is 127 Å². The zero-order valence-corrected chi connectivity index (χ0v) is 13.4. The zero-order chi connectivity index (χ0) is 14.6. The predicted octanol–water partition coefficient (Wildman–Crippen LogP) is 3.25. The molecule has 1 aromatic heterocycles. The van der Waals surface area contributed by atoms with E-state index in [0.717, 1.165) is 15.7 Å². The minimum Gasteiger partial charge on any atom is -0.381 e. The van der Waals surface area contributed by atoms with Crippen LogP contribution in [0.5, 0.6) is 0 Å². The predicted molar refractivity (Wildman–Crippen MR) is 83.4 cm³/mol. The number of pyridine rings is 1. The largest absolute Gasteiger partial charge is 0.381 e. The first-order valence-electron chi connectivity index (χ1n) is 6.17. The molecule has 2 aromatic rings. The maximum Gasteiger partial charge on any atom is 0.178 e. The van der Waals surface area contributed by atoms with E-state index >= 15 is 0 Å². The molecule has 106 valence electrons. The summed E-state index contributed by atoms with van der Waals surface area (Å²) in [6.45, 7) is 2.27. The Hall–Kier alpha value is -1.40. The normalized spacial score (nSPS) is 11.3. The highest BCUT2D eigenvalue weighted by Gasteiger charge is 2.10. The summed E-state index contributed by atoms with van der Waals surface area (Å²) in [5.74, 6) is 0.115. The van der Waals surface area contributed by atoms with Crippen molar-refractivity contribution in [1.29, 1.82) is 0 Å². The van der Waals surface area contributed by atoms with Crippen LogP contribution in [0, 0.1) is 0 Å². The first kappa shape index (κ1) is 15.0. The molecular formula is C14H15BrN2O2S. The molecule has 0 bridgehead atoms. The van der Waals surface area contributed by atoms with Crippen LogP contribution in [0.4, 0.5) is 5.69 Å². The summed E-state index contributed by atoms with van der Waals surface area (Å²) in [7, 11) is -3.13. The number of nitrogens with one attached hydrogen (secondary N) is 1. The second-order valence-corrected chi connectivity index (χ2v) is 7.49. The van der Waals surface area contributed by atoms with Gasteiger partial charge >= 0.3 is 0 Å². The molecule has 0 spiro atoms. The van der Waals surface area contributed by atoms with Gasteiger partial charge in [-0.1, -0.05) is 6.92 Å². The Kier molecular flexibility index (Phi) is 4.77. The monoisotopic (exact) mass is 354 g/mol. The molecule has 1 aromatic carbocycles. The van der Waals surface area contributed by atoms with Gasteiger partial charge in [0.1, 0.15) is 0 Å². The van der Waals surface area contributed by atoms with Crippen molar-refractivity contribution in [2.45, 2.75) is 18.4 Å². The Morgan fingerprint density at radius 3 is 2.50 bits per heavy atom.